The first-order valence-corrected chi connectivity index (χ1v) is 13.0. The highest BCUT2D eigenvalue weighted by atomic mass is 32.2. The number of anilines is 1. The molecule has 1 heterocycles. The monoisotopic (exact) mass is 497 g/mol. The highest BCUT2D eigenvalue weighted by Crippen LogP contribution is 2.23. The molecule has 0 saturated carbocycles. The number of ether oxygens (including phenoxy) is 2. The third kappa shape index (κ3) is 5.89. The van der Waals surface area contributed by atoms with Crippen molar-refractivity contribution in [2.75, 3.05) is 52.3 Å². The van der Waals surface area contributed by atoms with E-state index < -0.39 is 26.0 Å². The third-order valence-electron chi connectivity index (χ3n) is 5.06. The number of rotatable bonds is 8. The number of carbonyl (C=O) groups is 1. The van der Waals surface area contributed by atoms with Crippen LogP contribution in [0.1, 0.15) is 5.56 Å². The zero-order valence-corrected chi connectivity index (χ0v) is 20.3. The lowest BCUT2D eigenvalue weighted by molar-refractivity contribution is -0.118. The lowest BCUT2D eigenvalue weighted by Gasteiger charge is -2.26. The summed E-state index contributed by atoms with van der Waals surface area (Å²) in [6.45, 7) is 2.74. The second-order valence-corrected chi connectivity index (χ2v) is 11.7. The van der Waals surface area contributed by atoms with E-state index in [2.05, 4.69) is 5.32 Å². The maximum atomic E-state index is 12.7. The van der Waals surface area contributed by atoms with Crippen LogP contribution in [-0.2, 0) is 29.6 Å². The van der Waals surface area contributed by atoms with Crippen LogP contribution in [0, 0.1) is 6.92 Å². The molecule has 0 atom stereocenters. The van der Waals surface area contributed by atoms with Gasteiger partial charge >= 0.3 is 0 Å². The van der Waals surface area contributed by atoms with Gasteiger partial charge in [-0.1, -0.05) is 6.07 Å². The van der Waals surface area contributed by atoms with Crippen LogP contribution in [-0.4, -0.2) is 78.4 Å². The first kappa shape index (κ1) is 25.1. The summed E-state index contributed by atoms with van der Waals surface area (Å²) in [5, 5.41) is 2.65. The van der Waals surface area contributed by atoms with Crippen molar-refractivity contribution in [3.05, 3.63) is 48.0 Å². The first-order chi connectivity index (χ1) is 15.5. The average Bonchev–Trinajstić information content (AvgIpc) is 2.79. The fourth-order valence-corrected chi connectivity index (χ4v) is 5.42. The van der Waals surface area contributed by atoms with Gasteiger partial charge < -0.3 is 14.8 Å². The standard InChI is InChI=1S/C21H27N3O7S2/c1-16-4-7-19(32(26,27)23(2)3)14-20(16)22-21(25)15-31-17-5-8-18(9-6-17)33(28,29)24-10-12-30-13-11-24/h4-9,14H,10-13,15H2,1-3H3,(H,22,25). The molecule has 2 aromatic carbocycles. The first-order valence-electron chi connectivity index (χ1n) is 10.2. The van der Waals surface area contributed by atoms with Crippen LogP contribution in [0.3, 0.4) is 0 Å². The van der Waals surface area contributed by atoms with Crippen LogP contribution >= 0.6 is 0 Å². The molecule has 0 bridgehead atoms. The molecule has 0 radical (unpaired) electrons. The van der Waals surface area contributed by atoms with E-state index in [9.17, 15) is 21.6 Å². The van der Waals surface area contributed by atoms with Crippen LogP contribution in [0.2, 0.25) is 0 Å². The molecule has 1 amide bonds. The quantitative estimate of drug-likeness (QED) is 0.583. The van der Waals surface area contributed by atoms with Gasteiger partial charge in [0.2, 0.25) is 20.0 Å². The van der Waals surface area contributed by atoms with Crippen LogP contribution in [0.4, 0.5) is 5.69 Å². The van der Waals surface area contributed by atoms with Crippen molar-refractivity contribution in [2.45, 2.75) is 16.7 Å². The van der Waals surface area contributed by atoms with Crippen molar-refractivity contribution < 1.29 is 31.1 Å². The Morgan fingerprint density at radius 3 is 2.24 bits per heavy atom. The molecule has 12 heteroatoms. The van der Waals surface area contributed by atoms with Gasteiger partial charge in [-0.25, -0.2) is 21.1 Å². The number of nitrogens with one attached hydrogen (secondary N) is 1. The molecule has 2 aromatic rings. The summed E-state index contributed by atoms with van der Waals surface area (Å²) in [5.74, 6) is -0.158. The molecule has 1 aliphatic heterocycles. The Morgan fingerprint density at radius 2 is 1.64 bits per heavy atom. The highest BCUT2D eigenvalue weighted by Gasteiger charge is 2.26. The summed E-state index contributed by atoms with van der Waals surface area (Å²) < 4.78 is 63.1. The SMILES string of the molecule is Cc1ccc(S(=O)(=O)N(C)C)cc1NC(=O)COc1ccc(S(=O)(=O)N2CCOCC2)cc1. The molecule has 0 aromatic heterocycles. The van der Waals surface area contributed by atoms with E-state index >= 15 is 0 Å². The molecule has 0 spiro atoms. The number of sulfonamides is 2. The molecule has 180 valence electrons. The number of morpholine rings is 1. The number of benzene rings is 2. The predicted octanol–water partition coefficient (Wildman–Crippen LogP) is 1.28. The second-order valence-electron chi connectivity index (χ2n) is 7.59. The van der Waals surface area contributed by atoms with Crippen LogP contribution in [0.15, 0.2) is 52.3 Å². The number of carbonyl (C=O) groups excluding carboxylic acids is 1. The normalized spacial score (nSPS) is 15.4. The molecular formula is C21H27N3O7S2. The van der Waals surface area contributed by atoms with E-state index in [-0.39, 0.29) is 16.4 Å². The van der Waals surface area contributed by atoms with Gasteiger partial charge in [0, 0.05) is 32.9 Å². The number of hydrogen-bond acceptors (Lipinski definition) is 7. The number of amides is 1. The summed E-state index contributed by atoms with van der Waals surface area (Å²) in [6, 6.07) is 10.3. The summed E-state index contributed by atoms with van der Waals surface area (Å²) in [5.41, 5.74) is 1.05. The summed E-state index contributed by atoms with van der Waals surface area (Å²) in [7, 11) is -4.39. The zero-order chi connectivity index (χ0) is 24.2. The van der Waals surface area contributed by atoms with Gasteiger partial charge in [0.1, 0.15) is 5.75 Å². The van der Waals surface area contributed by atoms with Crippen molar-refractivity contribution in [1.82, 2.24) is 8.61 Å². The van der Waals surface area contributed by atoms with Crippen molar-refractivity contribution in [3.8, 4) is 5.75 Å². The molecule has 0 aliphatic carbocycles. The second kappa shape index (κ2) is 10.2. The van der Waals surface area contributed by atoms with E-state index in [0.717, 1.165) is 4.31 Å². The van der Waals surface area contributed by atoms with Crippen molar-refractivity contribution in [3.63, 3.8) is 0 Å². The van der Waals surface area contributed by atoms with E-state index in [1.807, 2.05) is 0 Å². The predicted molar refractivity (Wildman–Crippen MR) is 122 cm³/mol. The maximum Gasteiger partial charge on any atom is 0.262 e. The molecule has 1 fully saturated rings. The van der Waals surface area contributed by atoms with Crippen LogP contribution in [0.25, 0.3) is 0 Å². The minimum absolute atomic E-state index is 0.0615. The third-order valence-corrected chi connectivity index (χ3v) is 8.79. The fourth-order valence-electron chi connectivity index (χ4n) is 3.09. The smallest absolute Gasteiger partial charge is 0.262 e. The molecule has 1 aliphatic rings. The Hall–Kier alpha value is -2.51. The molecule has 10 nitrogen and oxygen atoms in total. The van der Waals surface area contributed by atoms with E-state index in [1.165, 1.54) is 54.8 Å². The van der Waals surface area contributed by atoms with Gasteiger partial charge in [-0.15, -0.1) is 0 Å². The Bertz CT molecular complexity index is 1200. The van der Waals surface area contributed by atoms with Crippen molar-refractivity contribution in [1.29, 1.82) is 0 Å². The topological polar surface area (TPSA) is 122 Å². The Balaban J connectivity index is 1.62. The fraction of sp³-hybridized carbons (Fsp3) is 0.381. The van der Waals surface area contributed by atoms with Crippen molar-refractivity contribution >= 4 is 31.6 Å². The summed E-state index contributed by atoms with van der Waals surface area (Å²) in [4.78, 5) is 12.6. The van der Waals surface area contributed by atoms with Crippen molar-refractivity contribution in [2.24, 2.45) is 0 Å². The number of nitrogens with zero attached hydrogens (tertiary/aromatic N) is 2. The highest BCUT2D eigenvalue weighted by molar-refractivity contribution is 7.89. The number of hydrogen-bond donors (Lipinski definition) is 1. The lowest BCUT2D eigenvalue weighted by atomic mass is 10.2. The Kier molecular flexibility index (Phi) is 7.75. The van der Waals surface area contributed by atoms with Gasteiger partial charge in [0.15, 0.2) is 6.61 Å². The minimum atomic E-state index is -3.64. The Labute approximate surface area is 194 Å². The van der Waals surface area contributed by atoms with Crippen LogP contribution in [0.5, 0.6) is 5.75 Å². The van der Waals surface area contributed by atoms with Gasteiger partial charge in [-0.2, -0.15) is 4.31 Å². The molecule has 33 heavy (non-hydrogen) atoms. The van der Waals surface area contributed by atoms with E-state index in [0.29, 0.717) is 43.3 Å². The zero-order valence-electron chi connectivity index (χ0n) is 18.6. The number of aryl methyl sites for hydroxylation is 1. The maximum absolute atomic E-state index is 12.7. The van der Waals surface area contributed by atoms with Crippen LogP contribution < -0.4 is 10.1 Å². The Morgan fingerprint density at radius 1 is 1.03 bits per heavy atom. The lowest BCUT2D eigenvalue weighted by Crippen LogP contribution is -2.40. The molecular weight excluding hydrogens is 470 g/mol. The largest absolute Gasteiger partial charge is 0.484 e. The molecule has 0 unspecified atom stereocenters. The van der Waals surface area contributed by atoms with Gasteiger partial charge in [-0.3, -0.25) is 4.79 Å². The average molecular weight is 498 g/mol. The van der Waals surface area contributed by atoms with Gasteiger partial charge in [0.05, 0.1) is 23.0 Å². The van der Waals surface area contributed by atoms with Gasteiger partial charge in [-0.05, 0) is 48.9 Å². The van der Waals surface area contributed by atoms with E-state index in [1.54, 1.807) is 13.0 Å². The minimum Gasteiger partial charge on any atom is -0.484 e. The summed E-state index contributed by atoms with van der Waals surface area (Å²) in [6.07, 6.45) is 0. The molecule has 1 saturated heterocycles. The molecule has 1 N–H and O–H groups in total. The van der Waals surface area contributed by atoms with Gasteiger partial charge in [0.25, 0.3) is 5.91 Å². The van der Waals surface area contributed by atoms with E-state index in [4.69, 9.17) is 9.47 Å². The molecule has 3 rings (SSSR count). The summed E-state index contributed by atoms with van der Waals surface area (Å²) >= 11 is 0.